The summed E-state index contributed by atoms with van der Waals surface area (Å²) in [5, 5.41) is 0. The van der Waals surface area contributed by atoms with Crippen LogP contribution in [0.1, 0.15) is 0 Å². The van der Waals surface area contributed by atoms with E-state index in [1.54, 1.807) is 0 Å². The van der Waals surface area contributed by atoms with Gasteiger partial charge in [-0.25, -0.2) is 0 Å². The third-order valence-electron chi connectivity index (χ3n) is 0.927. The van der Waals surface area contributed by atoms with Crippen molar-refractivity contribution in [3.05, 3.63) is 12.2 Å². The van der Waals surface area contributed by atoms with E-state index in [4.69, 9.17) is 11.6 Å². The summed E-state index contributed by atoms with van der Waals surface area (Å²) in [6.07, 6.45) is 2.12. The number of halogens is 1. The zero-order valence-electron chi connectivity index (χ0n) is 6.23. The molecule has 0 spiro atoms. The van der Waals surface area contributed by atoms with Crippen LogP contribution >= 0.6 is 35.1 Å². The molecule has 0 rings (SSSR count). The average Bonchev–Trinajstić information content (AvgIpc) is 1.98. The summed E-state index contributed by atoms with van der Waals surface area (Å²) in [4.78, 5) is 0. The summed E-state index contributed by atoms with van der Waals surface area (Å²) in [5.74, 6) is 4.05. The van der Waals surface area contributed by atoms with Gasteiger partial charge in [0.2, 0.25) is 0 Å². The van der Waals surface area contributed by atoms with Crippen molar-refractivity contribution < 1.29 is 0 Å². The Morgan fingerprint density at radius 3 is 2.70 bits per heavy atom. The van der Waals surface area contributed by atoms with Gasteiger partial charge in [0.1, 0.15) is 0 Å². The quantitative estimate of drug-likeness (QED) is 0.364. The maximum absolute atomic E-state index is 5.55. The van der Waals surface area contributed by atoms with Crippen LogP contribution in [0.4, 0.5) is 0 Å². The normalized spacial score (nSPS) is 9.80. The fourth-order valence-corrected chi connectivity index (χ4v) is 2.28. The molecule has 0 saturated carbocycles. The molecule has 0 amide bonds. The molecule has 0 aliphatic carbocycles. The lowest BCUT2D eigenvalue weighted by atomic mass is 10.4. The molecule has 0 bridgehead atoms. The first-order chi connectivity index (χ1) is 4.81. The maximum atomic E-state index is 5.55. The second-order valence-corrected chi connectivity index (χ2v) is 4.29. The van der Waals surface area contributed by atoms with E-state index < -0.39 is 0 Å². The first-order valence-corrected chi connectivity index (χ1v) is 6.19. The van der Waals surface area contributed by atoms with Crippen LogP contribution in [0, 0.1) is 0 Å². The van der Waals surface area contributed by atoms with E-state index in [0.29, 0.717) is 5.88 Å². The molecule has 0 N–H and O–H groups in total. The Kier molecular flexibility index (Phi) is 8.40. The van der Waals surface area contributed by atoms with E-state index in [-0.39, 0.29) is 0 Å². The van der Waals surface area contributed by atoms with Gasteiger partial charge in [0.25, 0.3) is 0 Å². The second kappa shape index (κ2) is 7.83. The predicted octanol–water partition coefficient (Wildman–Crippen LogP) is 2.88. The van der Waals surface area contributed by atoms with E-state index in [2.05, 4.69) is 12.8 Å². The van der Waals surface area contributed by atoms with Gasteiger partial charge in [-0.2, -0.15) is 23.5 Å². The zero-order valence-corrected chi connectivity index (χ0v) is 8.62. The number of alkyl halides is 1. The lowest BCUT2D eigenvalue weighted by Gasteiger charge is -1.99. The third kappa shape index (κ3) is 6.84. The molecule has 0 aromatic rings. The smallest absolute Gasteiger partial charge is 0.0439 e. The number of thioether (sulfide) groups is 2. The maximum Gasteiger partial charge on any atom is 0.0439 e. The van der Waals surface area contributed by atoms with Gasteiger partial charge in [-0.1, -0.05) is 12.2 Å². The van der Waals surface area contributed by atoms with Gasteiger partial charge < -0.3 is 0 Å². The highest BCUT2D eigenvalue weighted by molar-refractivity contribution is 8.02. The fraction of sp³-hybridized carbons (Fsp3) is 0.714. The van der Waals surface area contributed by atoms with Gasteiger partial charge in [0.15, 0.2) is 0 Å². The topological polar surface area (TPSA) is 0 Å². The summed E-state index contributed by atoms with van der Waals surface area (Å²) in [5.41, 5.74) is 1.13. The van der Waals surface area contributed by atoms with E-state index >= 15 is 0 Å². The first kappa shape index (κ1) is 10.7. The van der Waals surface area contributed by atoms with Crippen LogP contribution in [0.15, 0.2) is 12.2 Å². The summed E-state index contributed by atoms with van der Waals surface area (Å²) >= 11 is 9.33. The highest BCUT2D eigenvalue weighted by Crippen LogP contribution is 2.09. The summed E-state index contributed by atoms with van der Waals surface area (Å²) in [7, 11) is 0. The molecular weight excluding hydrogens is 184 g/mol. The van der Waals surface area contributed by atoms with E-state index in [0.717, 1.165) is 11.3 Å². The third-order valence-corrected chi connectivity index (χ3v) is 3.28. The van der Waals surface area contributed by atoms with Crippen LogP contribution < -0.4 is 0 Å². The van der Waals surface area contributed by atoms with Crippen LogP contribution in [0.3, 0.4) is 0 Å². The van der Waals surface area contributed by atoms with Crippen molar-refractivity contribution in [1.29, 1.82) is 0 Å². The number of rotatable bonds is 6. The SMILES string of the molecule is C=C(CCl)CSCCSC. The molecule has 0 saturated heterocycles. The van der Waals surface area contributed by atoms with Gasteiger partial charge >= 0.3 is 0 Å². The van der Waals surface area contributed by atoms with Crippen molar-refractivity contribution in [3.8, 4) is 0 Å². The number of hydrogen-bond donors (Lipinski definition) is 0. The summed E-state index contributed by atoms with van der Waals surface area (Å²) in [6.45, 7) is 3.81. The Labute approximate surface area is 76.8 Å². The van der Waals surface area contributed by atoms with E-state index in [1.807, 2.05) is 23.5 Å². The lowest BCUT2D eigenvalue weighted by molar-refractivity contribution is 1.43. The molecule has 0 nitrogen and oxygen atoms in total. The molecule has 0 aliphatic rings. The van der Waals surface area contributed by atoms with Gasteiger partial charge in [-0.15, -0.1) is 11.6 Å². The lowest BCUT2D eigenvalue weighted by Crippen LogP contribution is -1.90. The average molecular weight is 197 g/mol. The molecule has 10 heavy (non-hydrogen) atoms. The van der Waals surface area contributed by atoms with Crippen LogP contribution in [-0.2, 0) is 0 Å². The van der Waals surface area contributed by atoms with Crippen molar-refractivity contribution >= 4 is 35.1 Å². The minimum Gasteiger partial charge on any atom is -0.165 e. The largest absolute Gasteiger partial charge is 0.165 e. The molecule has 0 radical (unpaired) electrons. The highest BCUT2D eigenvalue weighted by Gasteiger charge is 1.91. The minimum atomic E-state index is 0.603. The van der Waals surface area contributed by atoms with Crippen LogP contribution in [-0.4, -0.2) is 29.4 Å². The number of hydrogen-bond acceptors (Lipinski definition) is 2. The molecule has 0 aromatic heterocycles. The Morgan fingerprint density at radius 1 is 1.50 bits per heavy atom. The highest BCUT2D eigenvalue weighted by atomic mass is 35.5. The van der Waals surface area contributed by atoms with Gasteiger partial charge in [0.05, 0.1) is 0 Å². The predicted molar refractivity (Wildman–Crippen MR) is 55.6 cm³/mol. The second-order valence-electron chi connectivity index (χ2n) is 1.93. The van der Waals surface area contributed by atoms with Crippen molar-refractivity contribution in [2.45, 2.75) is 0 Å². The van der Waals surface area contributed by atoms with Gasteiger partial charge in [0, 0.05) is 23.1 Å². The Bertz CT molecular complexity index is 93.6. The monoisotopic (exact) mass is 196 g/mol. The fourth-order valence-electron chi connectivity index (χ4n) is 0.397. The Morgan fingerprint density at radius 2 is 2.20 bits per heavy atom. The molecule has 0 aromatic carbocycles. The van der Waals surface area contributed by atoms with Crippen LogP contribution in [0.25, 0.3) is 0 Å². The Balaban J connectivity index is 2.96. The molecule has 3 heteroatoms. The van der Waals surface area contributed by atoms with Crippen molar-refractivity contribution in [1.82, 2.24) is 0 Å². The van der Waals surface area contributed by atoms with E-state index in [9.17, 15) is 0 Å². The first-order valence-electron chi connectivity index (χ1n) is 3.10. The molecule has 0 unspecified atom stereocenters. The van der Waals surface area contributed by atoms with Gasteiger partial charge in [-0.05, 0) is 6.26 Å². The van der Waals surface area contributed by atoms with Crippen molar-refractivity contribution in [3.63, 3.8) is 0 Å². The molecule has 0 heterocycles. The molecule has 60 valence electrons. The standard InChI is InChI=1S/C7H13ClS2/c1-7(5-8)6-10-4-3-9-2/h1,3-6H2,2H3. The molecule has 0 aliphatic heterocycles. The van der Waals surface area contributed by atoms with Crippen molar-refractivity contribution in [2.24, 2.45) is 0 Å². The van der Waals surface area contributed by atoms with Crippen molar-refractivity contribution in [2.75, 3.05) is 29.4 Å². The molecule has 0 atom stereocenters. The Hall–Kier alpha value is 0.730. The molecular formula is C7H13ClS2. The summed E-state index contributed by atoms with van der Waals surface area (Å²) in [6, 6.07) is 0. The van der Waals surface area contributed by atoms with Gasteiger partial charge in [-0.3, -0.25) is 0 Å². The zero-order chi connectivity index (χ0) is 7.82. The van der Waals surface area contributed by atoms with E-state index in [1.165, 1.54) is 11.5 Å². The van der Waals surface area contributed by atoms with Crippen LogP contribution in [0.2, 0.25) is 0 Å². The van der Waals surface area contributed by atoms with Crippen LogP contribution in [0.5, 0.6) is 0 Å². The molecule has 0 fully saturated rings. The minimum absolute atomic E-state index is 0.603. The summed E-state index contributed by atoms with van der Waals surface area (Å²) < 4.78 is 0.